The first-order valence-corrected chi connectivity index (χ1v) is 5.60. The maximum Gasteiger partial charge on any atom is 0.137 e. The van der Waals surface area contributed by atoms with E-state index in [2.05, 4.69) is 39.9 Å². The minimum absolute atomic E-state index is 0.0320. The predicted octanol–water partition coefficient (Wildman–Crippen LogP) is 2.52. The lowest BCUT2D eigenvalue weighted by Crippen LogP contribution is -2.46. The molecular formula is C12H23NO. The molecule has 0 radical (unpaired) electrons. The first-order chi connectivity index (χ1) is 6.28. The molecule has 0 spiro atoms. The van der Waals surface area contributed by atoms with E-state index < -0.39 is 0 Å². The topological polar surface area (TPSA) is 29.1 Å². The van der Waals surface area contributed by atoms with Crippen LogP contribution >= 0.6 is 0 Å². The molecule has 1 heterocycles. The molecule has 0 aromatic carbocycles. The van der Waals surface area contributed by atoms with Crippen LogP contribution < -0.4 is 5.32 Å². The number of hydrogen-bond acceptors (Lipinski definition) is 2. The summed E-state index contributed by atoms with van der Waals surface area (Å²) in [5, 5.41) is 3.54. The molecule has 0 aliphatic carbocycles. The minimum atomic E-state index is -0.0320. The zero-order valence-corrected chi connectivity index (χ0v) is 10.1. The molecule has 1 saturated heterocycles. The highest BCUT2D eigenvalue weighted by atomic mass is 16.1. The highest BCUT2D eigenvalue weighted by molar-refractivity contribution is 5.82. The van der Waals surface area contributed by atoms with Crippen LogP contribution in [0.5, 0.6) is 0 Å². The molecule has 1 rings (SSSR count). The molecule has 1 N–H and O–H groups in total. The van der Waals surface area contributed by atoms with E-state index in [9.17, 15) is 4.79 Å². The number of carbonyl (C=O) groups is 1. The Morgan fingerprint density at radius 3 is 2.29 bits per heavy atom. The number of Topliss-reactive ketones (excluding diaryl/α,β-unsaturated/α-hetero) is 1. The summed E-state index contributed by atoms with van der Waals surface area (Å²) in [5.74, 6) is 0.619. The Balaban J connectivity index is 2.75. The molecule has 0 saturated carbocycles. The molecule has 0 bridgehead atoms. The zero-order chi connectivity index (χ0) is 11.0. The summed E-state index contributed by atoms with van der Waals surface area (Å²) in [6.45, 7) is 10.7. The zero-order valence-electron chi connectivity index (χ0n) is 10.1. The monoisotopic (exact) mass is 197 g/mol. The average molecular weight is 197 g/mol. The van der Waals surface area contributed by atoms with Gasteiger partial charge in [-0.3, -0.25) is 4.79 Å². The molecule has 0 aromatic heterocycles. The van der Waals surface area contributed by atoms with Crippen LogP contribution in [0.1, 0.15) is 53.9 Å². The highest BCUT2D eigenvalue weighted by Crippen LogP contribution is 2.36. The van der Waals surface area contributed by atoms with Crippen LogP contribution in [-0.2, 0) is 4.79 Å². The second-order valence-electron chi connectivity index (χ2n) is 5.70. The van der Waals surface area contributed by atoms with Gasteiger partial charge in [0.15, 0.2) is 0 Å². The molecule has 1 unspecified atom stereocenters. The number of hydrogen-bond donors (Lipinski definition) is 1. The summed E-state index contributed by atoms with van der Waals surface area (Å²) in [6.07, 6.45) is 2.66. The van der Waals surface area contributed by atoms with Crippen molar-refractivity contribution in [2.24, 2.45) is 5.92 Å². The maximum atomic E-state index is 11.9. The van der Waals surface area contributed by atoms with Crippen molar-refractivity contribution in [3.63, 3.8) is 0 Å². The van der Waals surface area contributed by atoms with Crippen LogP contribution in [0.3, 0.4) is 0 Å². The molecule has 0 amide bonds. The first kappa shape index (κ1) is 11.7. The molecule has 1 aliphatic rings. The van der Waals surface area contributed by atoms with Gasteiger partial charge in [-0.25, -0.2) is 0 Å². The van der Waals surface area contributed by atoms with Crippen LogP contribution in [0.4, 0.5) is 0 Å². The quantitative estimate of drug-likeness (QED) is 0.753. The summed E-state index contributed by atoms with van der Waals surface area (Å²) in [6, 6.07) is 0. The lowest BCUT2D eigenvalue weighted by atomic mass is 9.82. The van der Waals surface area contributed by atoms with E-state index in [0.717, 1.165) is 19.3 Å². The fourth-order valence-electron chi connectivity index (χ4n) is 2.71. The van der Waals surface area contributed by atoms with Crippen molar-refractivity contribution in [2.75, 3.05) is 0 Å². The second-order valence-corrected chi connectivity index (χ2v) is 5.70. The van der Waals surface area contributed by atoms with E-state index in [0.29, 0.717) is 5.78 Å². The Hall–Kier alpha value is -0.370. The van der Waals surface area contributed by atoms with Crippen molar-refractivity contribution in [1.82, 2.24) is 5.32 Å². The van der Waals surface area contributed by atoms with E-state index in [1.807, 2.05) is 0 Å². The van der Waals surface area contributed by atoms with E-state index in [1.54, 1.807) is 0 Å². The third kappa shape index (κ3) is 2.35. The summed E-state index contributed by atoms with van der Waals surface area (Å²) in [4.78, 5) is 11.9. The Labute approximate surface area is 87.5 Å². The van der Waals surface area contributed by atoms with Gasteiger partial charge in [-0.15, -0.1) is 0 Å². The number of carbonyl (C=O) groups excluding carboxylic acids is 1. The Kier molecular flexibility index (Phi) is 3.05. The Morgan fingerprint density at radius 1 is 1.36 bits per heavy atom. The Bertz CT molecular complexity index is 230. The van der Waals surface area contributed by atoms with Gasteiger partial charge in [-0.2, -0.15) is 0 Å². The van der Waals surface area contributed by atoms with Gasteiger partial charge >= 0.3 is 0 Å². The maximum absolute atomic E-state index is 11.9. The summed E-state index contributed by atoms with van der Waals surface area (Å²) in [7, 11) is 0. The third-order valence-corrected chi connectivity index (χ3v) is 3.13. The largest absolute Gasteiger partial charge is 0.306 e. The standard InChI is InChI=1S/C12H23NO/c1-6-7-10(14)9-8-11(2,3)13-12(9,4)5/h9,13H,6-8H2,1-5H3. The first-order valence-electron chi connectivity index (χ1n) is 5.60. The summed E-state index contributed by atoms with van der Waals surface area (Å²) in [5.41, 5.74) is 0.0767. The van der Waals surface area contributed by atoms with Crippen molar-refractivity contribution in [1.29, 1.82) is 0 Å². The van der Waals surface area contributed by atoms with Gasteiger partial charge < -0.3 is 5.32 Å². The lowest BCUT2D eigenvalue weighted by Gasteiger charge is -2.27. The molecule has 1 aliphatic heterocycles. The minimum Gasteiger partial charge on any atom is -0.306 e. The van der Waals surface area contributed by atoms with Crippen molar-refractivity contribution in [2.45, 2.75) is 65.0 Å². The van der Waals surface area contributed by atoms with E-state index in [4.69, 9.17) is 0 Å². The molecular weight excluding hydrogens is 174 g/mol. The van der Waals surface area contributed by atoms with Crippen molar-refractivity contribution in [3.05, 3.63) is 0 Å². The smallest absolute Gasteiger partial charge is 0.137 e. The van der Waals surface area contributed by atoms with Crippen LogP contribution in [0.15, 0.2) is 0 Å². The Morgan fingerprint density at radius 2 is 1.93 bits per heavy atom. The van der Waals surface area contributed by atoms with Gasteiger partial charge in [0, 0.05) is 23.4 Å². The van der Waals surface area contributed by atoms with Gasteiger partial charge in [0.2, 0.25) is 0 Å². The molecule has 82 valence electrons. The molecule has 0 aromatic rings. The van der Waals surface area contributed by atoms with Crippen molar-refractivity contribution < 1.29 is 4.79 Å². The summed E-state index contributed by atoms with van der Waals surface area (Å²) < 4.78 is 0. The molecule has 2 heteroatoms. The third-order valence-electron chi connectivity index (χ3n) is 3.13. The van der Waals surface area contributed by atoms with Crippen LogP contribution in [-0.4, -0.2) is 16.9 Å². The lowest BCUT2D eigenvalue weighted by molar-refractivity contribution is -0.124. The van der Waals surface area contributed by atoms with Crippen LogP contribution in [0, 0.1) is 5.92 Å². The predicted molar refractivity (Wildman–Crippen MR) is 59.3 cm³/mol. The second kappa shape index (κ2) is 3.65. The molecule has 1 fully saturated rings. The van der Waals surface area contributed by atoms with Gasteiger partial charge in [0.25, 0.3) is 0 Å². The molecule has 1 atom stereocenters. The van der Waals surface area contributed by atoms with E-state index in [-0.39, 0.29) is 17.0 Å². The average Bonchev–Trinajstić information content (AvgIpc) is 2.19. The van der Waals surface area contributed by atoms with Gasteiger partial charge in [-0.1, -0.05) is 6.92 Å². The highest BCUT2D eigenvalue weighted by Gasteiger charge is 2.46. The molecule has 14 heavy (non-hydrogen) atoms. The van der Waals surface area contributed by atoms with Crippen LogP contribution in [0.2, 0.25) is 0 Å². The van der Waals surface area contributed by atoms with E-state index in [1.165, 1.54) is 0 Å². The SMILES string of the molecule is CCCC(=O)C1CC(C)(C)NC1(C)C. The number of nitrogens with one attached hydrogen (secondary N) is 1. The van der Waals surface area contributed by atoms with Crippen molar-refractivity contribution in [3.8, 4) is 0 Å². The number of ketones is 1. The van der Waals surface area contributed by atoms with Gasteiger partial charge in [0.1, 0.15) is 5.78 Å². The van der Waals surface area contributed by atoms with Crippen molar-refractivity contribution >= 4 is 5.78 Å². The van der Waals surface area contributed by atoms with E-state index >= 15 is 0 Å². The molecule has 2 nitrogen and oxygen atoms in total. The summed E-state index contributed by atoms with van der Waals surface area (Å²) >= 11 is 0. The fourth-order valence-corrected chi connectivity index (χ4v) is 2.71. The normalized spacial score (nSPS) is 29.1. The van der Waals surface area contributed by atoms with Gasteiger partial charge in [0.05, 0.1) is 0 Å². The van der Waals surface area contributed by atoms with Gasteiger partial charge in [-0.05, 0) is 40.5 Å². The fraction of sp³-hybridized carbons (Fsp3) is 0.917. The van der Waals surface area contributed by atoms with Crippen LogP contribution in [0.25, 0.3) is 0 Å². The number of rotatable bonds is 3.